The van der Waals surface area contributed by atoms with Crippen LogP contribution >= 0.6 is 0 Å². The summed E-state index contributed by atoms with van der Waals surface area (Å²) in [4.78, 5) is 22.7. The van der Waals surface area contributed by atoms with E-state index in [9.17, 15) is 13.2 Å². The van der Waals surface area contributed by atoms with Crippen LogP contribution in [-0.4, -0.2) is 60.7 Å². The Labute approximate surface area is 209 Å². The van der Waals surface area contributed by atoms with Gasteiger partial charge in [-0.15, -0.1) is 0 Å². The van der Waals surface area contributed by atoms with Gasteiger partial charge < -0.3 is 9.80 Å². The number of hydrogen-bond acceptors (Lipinski definition) is 5. The van der Waals surface area contributed by atoms with E-state index in [1.54, 1.807) is 16.6 Å². The average Bonchev–Trinajstić information content (AvgIpc) is 3.75. The third kappa shape index (κ3) is 5.09. The van der Waals surface area contributed by atoms with Crippen LogP contribution in [0.1, 0.15) is 80.4 Å². The lowest BCUT2D eigenvalue weighted by Gasteiger charge is -2.33. The fraction of sp³-hybridized carbons (Fsp3) is 0.556. The predicted octanol–water partition coefficient (Wildman–Crippen LogP) is 4.61. The number of carbonyl (C=O) groups is 1. The summed E-state index contributed by atoms with van der Waals surface area (Å²) in [6, 6.07) is 11.1. The van der Waals surface area contributed by atoms with Gasteiger partial charge in [-0.1, -0.05) is 12.5 Å². The number of hydrogen-bond donors (Lipinski definition) is 0. The second-order valence-electron chi connectivity index (χ2n) is 10.1. The smallest absolute Gasteiger partial charge is 0.254 e. The molecule has 5 rings (SSSR count). The second-order valence-corrected chi connectivity index (χ2v) is 12.0. The van der Waals surface area contributed by atoms with Crippen molar-refractivity contribution in [2.75, 3.05) is 31.1 Å². The van der Waals surface area contributed by atoms with Crippen LogP contribution in [0.25, 0.3) is 0 Å². The van der Waals surface area contributed by atoms with Gasteiger partial charge in [0.15, 0.2) is 0 Å². The van der Waals surface area contributed by atoms with E-state index < -0.39 is 10.0 Å². The molecule has 1 amide bonds. The first-order chi connectivity index (χ1) is 17.0. The van der Waals surface area contributed by atoms with Gasteiger partial charge in [-0.2, -0.15) is 4.31 Å². The number of sulfonamides is 1. The Morgan fingerprint density at radius 3 is 2.29 bits per heavy atom. The SMILES string of the molecule is CC(c1ccccn1)N(C(=O)c1ccc(N2CCCCC2)c(S(=O)(=O)N2CCCCC2)c1)C1CC1. The molecule has 8 heteroatoms. The zero-order chi connectivity index (χ0) is 24.4. The Balaban J connectivity index is 1.52. The number of piperidine rings is 2. The van der Waals surface area contributed by atoms with Crippen LogP contribution in [0.2, 0.25) is 0 Å². The summed E-state index contributed by atoms with van der Waals surface area (Å²) >= 11 is 0. The third-order valence-electron chi connectivity index (χ3n) is 7.54. The van der Waals surface area contributed by atoms with Gasteiger partial charge in [-0.25, -0.2) is 8.42 Å². The van der Waals surface area contributed by atoms with Crippen molar-refractivity contribution in [3.05, 3.63) is 53.9 Å². The highest BCUT2D eigenvalue weighted by molar-refractivity contribution is 7.89. The van der Waals surface area contributed by atoms with E-state index in [4.69, 9.17) is 0 Å². The van der Waals surface area contributed by atoms with Crippen LogP contribution in [0.4, 0.5) is 5.69 Å². The summed E-state index contributed by atoms with van der Waals surface area (Å²) in [7, 11) is -3.69. The number of rotatable bonds is 7. The molecule has 2 saturated heterocycles. The minimum absolute atomic E-state index is 0.119. The van der Waals surface area contributed by atoms with Gasteiger partial charge >= 0.3 is 0 Å². The average molecular weight is 497 g/mol. The monoisotopic (exact) mass is 496 g/mol. The molecule has 2 aliphatic heterocycles. The van der Waals surface area contributed by atoms with Crippen molar-refractivity contribution >= 4 is 21.6 Å². The molecule has 0 spiro atoms. The minimum Gasteiger partial charge on any atom is -0.370 e. The molecular formula is C27H36N4O3S. The normalized spacial score (nSPS) is 20.4. The summed E-state index contributed by atoms with van der Waals surface area (Å²) in [6.45, 7) is 4.79. The molecule has 7 nitrogen and oxygen atoms in total. The number of aromatic nitrogens is 1. The van der Waals surface area contributed by atoms with E-state index in [-0.39, 0.29) is 22.9 Å². The lowest BCUT2D eigenvalue weighted by molar-refractivity contribution is 0.0670. The van der Waals surface area contributed by atoms with Crippen LogP contribution in [0.15, 0.2) is 47.5 Å². The first-order valence-electron chi connectivity index (χ1n) is 13.1. The van der Waals surface area contributed by atoms with Crippen LogP contribution in [0.3, 0.4) is 0 Å². The van der Waals surface area contributed by atoms with Gasteiger partial charge in [0.25, 0.3) is 5.91 Å². The van der Waals surface area contributed by atoms with E-state index in [1.165, 1.54) is 6.42 Å². The zero-order valence-corrected chi connectivity index (χ0v) is 21.4. The van der Waals surface area contributed by atoms with E-state index in [2.05, 4.69) is 9.88 Å². The van der Waals surface area contributed by atoms with Crippen molar-refractivity contribution in [2.45, 2.75) is 75.3 Å². The molecule has 0 bridgehead atoms. The Hall–Kier alpha value is -2.45. The number of carbonyl (C=O) groups excluding carboxylic acids is 1. The Morgan fingerprint density at radius 2 is 1.66 bits per heavy atom. The molecule has 1 unspecified atom stereocenters. The fourth-order valence-corrected chi connectivity index (χ4v) is 7.17. The van der Waals surface area contributed by atoms with Gasteiger partial charge in [0, 0.05) is 44.0 Å². The standard InChI is InChI=1S/C27H36N4O3S/c1-21(24-10-4-5-15-28-24)31(23-12-13-23)27(32)22-11-14-25(29-16-6-2-7-17-29)26(20-22)35(33,34)30-18-8-3-9-19-30/h4-5,10-11,14-15,20-21,23H,2-3,6-9,12-13,16-19H2,1H3. The van der Waals surface area contributed by atoms with E-state index in [0.717, 1.165) is 69.4 Å². The molecule has 0 radical (unpaired) electrons. The van der Waals surface area contributed by atoms with Gasteiger partial charge in [0.1, 0.15) is 4.90 Å². The maximum Gasteiger partial charge on any atom is 0.254 e. The molecule has 1 aromatic carbocycles. The zero-order valence-electron chi connectivity index (χ0n) is 20.6. The van der Waals surface area contributed by atoms with Crippen molar-refractivity contribution in [2.24, 2.45) is 0 Å². The van der Waals surface area contributed by atoms with E-state index in [1.807, 2.05) is 42.2 Å². The van der Waals surface area contributed by atoms with Crippen molar-refractivity contribution < 1.29 is 13.2 Å². The molecule has 1 aromatic heterocycles. The summed E-state index contributed by atoms with van der Waals surface area (Å²) < 4.78 is 29.3. The highest BCUT2D eigenvalue weighted by Gasteiger charge is 2.38. The number of amides is 1. The molecule has 1 atom stereocenters. The maximum atomic E-state index is 13.9. The minimum atomic E-state index is -3.69. The second kappa shape index (κ2) is 10.3. The maximum absolute atomic E-state index is 13.9. The van der Waals surface area contributed by atoms with Crippen LogP contribution in [0.5, 0.6) is 0 Å². The van der Waals surface area contributed by atoms with Gasteiger partial charge in [-0.05, 0) is 82.2 Å². The molecule has 3 fully saturated rings. The number of nitrogens with zero attached hydrogens (tertiary/aromatic N) is 4. The van der Waals surface area contributed by atoms with Crippen molar-refractivity contribution in [1.29, 1.82) is 0 Å². The molecule has 3 heterocycles. The molecule has 1 aliphatic carbocycles. The lowest BCUT2D eigenvalue weighted by Crippen LogP contribution is -2.38. The largest absolute Gasteiger partial charge is 0.370 e. The Bertz CT molecular complexity index is 1140. The van der Waals surface area contributed by atoms with Crippen molar-refractivity contribution in [3.8, 4) is 0 Å². The lowest BCUT2D eigenvalue weighted by atomic mass is 10.1. The van der Waals surface area contributed by atoms with Crippen LogP contribution in [-0.2, 0) is 10.0 Å². The van der Waals surface area contributed by atoms with Crippen molar-refractivity contribution in [1.82, 2.24) is 14.2 Å². The third-order valence-corrected chi connectivity index (χ3v) is 9.47. The Kier molecular flexibility index (Phi) is 7.12. The van der Waals surface area contributed by atoms with Gasteiger partial charge in [0.2, 0.25) is 10.0 Å². The summed E-state index contributed by atoms with van der Waals surface area (Å²) in [5.74, 6) is -0.119. The molecule has 35 heavy (non-hydrogen) atoms. The number of anilines is 1. The summed E-state index contributed by atoms with van der Waals surface area (Å²) in [6.07, 6.45) is 9.79. The molecule has 1 saturated carbocycles. The van der Waals surface area contributed by atoms with Crippen LogP contribution < -0.4 is 4.90 Å². The molecule has 2 aromatic rings. The summed E-state index contributed by atoms with van der Waals surface area (Å²) in [5, 5.41) is 0. The highest BCUT2D eigenvalue weighted by Crippen LogP contribution is 2.37. The van der Waals surface area contributed by atoms with Gasteiger partial charge in [-0.3, -0.25) is 9.78 Å². The predicted molar refractivity (Wildman–Crippen MR) is 137 cm³/mol. The molecule has 0 N–H and O–H groups in total. The first-order valence-corrected chi connectivity index (χ1v) is 14.5. The van der Waals surface area contributed by atoms with Crippen LogP contribution in [0, 0.1) is 0 Å². The Morgan fingerprint density at radius 1 is 0.971 bits per heavy atom. The molecule has 188 valence electrons. The topological polar surface area (TPSA) is 73.8 Å². The first kappa shape index (κ1) is 24.3. The molecular weight excluding hydrogens is 460 g/mol. The number of pyridine rings is 1. The van der Waals surface area contributed by atoms with Gasteiger partial charge in [0.05, 0.1) is 17.4 Å². The fourth-order valence-electron chi connectivity index (χ4n) is 5.42. The molecule has 3 aliphatic rings. The highest BCUT2D eigenvalue weighted by atomic mass is 32.2. The number of benzene rings is 1. The van der Waals surface area contributed by atoms with E-state index >= 15 is 0 Å². The quantitative estimate of drug-likeness (QED) is 0.560. The van der Waals surface area contributed by atoms with Crippen molar-refractivity contribution in [3.63, 3.8) is 0 Å². The van der Waals surface area contributed by atoms with E-state index in [0.29, 0.717) is 18.7 Å². The summed E-state index contributed by atoms with van der Waals surface area (Å²) in [5.41, 5.74) is 2.03.